The number of hydrogen-bond acceptors (Lipinski definition) is 3. The molecule has 5 nitrogen and oxygen atoms in total. The smallest absolute Gasteiger partial charge is 0.191 e. The molecule has 0 saturated heterocycles. The van der Waals surface area contributed by atoms with Gasteiger partial charge in [-0.2, -0.15) is 0 Å². The topological polar surface area (TPSA) is 48.9 Å². The number of hydrogen-bond donors (Lipinski definition) is 2. The highest BCUT2D eigenvalue weighted by Crippen LogP contribution is 2.12. The summed E-state index contributed by atoms with van der Waals surface area (Å²) in [5, 5.41) is 6.71. The van der Waals surface area contributed by atoms with Crippen LogP contribution in [-0.4, -0.2) is 50.2 Å². The summed E-state index contributed by atoms with van der Waals surface area (Å²) in [7, 11) is 3.48. The Morgan fingerprint density at radius 1 is 1.17 bits per heavy atom. The average Bonchev–Trinajstić information content (AvgIpc) is 2.53. The van der Waals surface area contributed by atoms with Gasteiger partial charge in [0.2, 0.25) is 0 Å². The molecule has 0 radical (unpaired) electrons. The van der Waals surface area contributed by atoms with Crippen molar-refractivity contribution in [2.45, 2.75) is 46.3 Å². The van der Waals surface area contributed by atoms with Crippen LogP contribution >= 0.6 is 0 Å². The van der Waals surface area contributed by atoms with Crippen LogP contribution < -0.4 is 15.4 Å². The molecule has 0 spiro atoms. The number of ether oxygens (including phenoxy) is 1. The van der Waals surface area contributed by atoms with Crippen LogP contribution in [0.2, 0.25) is 0 Å². The highest BCUT2D eigenvalue weighted by molar-refractivity contribution is 5.79. The van der Waals surface area contributed by atoms with Crippen molar-refractivity contribution in [1.29, 1.82) is 0 Å². The second-order valence-corrected chi connectivity index (χ2v) is 6.13. The van der Waals surface area contributed by atoms with Crippen LogP contribution in [-0.2, 0) is 6.54 Å². The van der Waals surface area contributed by atoms with E-state index < -0.39 is 0 Å². The van der Waals surface area contributed by atoms with E-state index in [-0.39, 0.29) is 0 Å². The summed E-state index contributed by atoms with van der Waals surface area (Å²) in [5.41, 5.74) is 1.17. The fourth-order valence-electron chi connectivity index (χ4n) is 2.60. The molecular formula is C18H32N4O. The molecule has 1 aromatic rings. The molecule has 0 fully saturated rings. The van der Waals surface area contributed by atoms with Crippen LogP contribution in [0, 0.1) is 0 Å². The maximum absolute atomic E-state index is 5.24. The molecule has 0 amide bonds. The second-order valence-electron chi connectivity index (χ2n) is 6.13. The zero-order valence-corrected chi connectivity index (χ0v) is 15.4. The van der Waals surface area contributed by atoms with Gasteiger partial charge in [-0.1, -0.05) is 12.1 Å². The SMILES string of the molecule is CN=C(NCCN(C(C)C)C(C)C)NCc1cccc(OC)c1. The first-order valence-electron chi connectivity index (χ1n) is 8.31. The minimum atomic E-state index is 0.545. The van der Waals surface area contributed by atoms with Crippen LogP contribution in [0.3, 0.4) is 0 Å². The Kier molecular flexibility index (Phi) is 8.48. The Hall–Kier alpha value is -1.75. The first-order valence-corrected chi connectivity index (χ1v) is 8.31. The minimum absolute atomic E-state index is 0.545. The van der Waals surface area contributed by atoms with Gasteiger partial charge < -0.3 is 15.4 Å². The van der Waals surface area contributed by atoms with Crippen LogP contribution in [0.1, 0.15) is 33.3 Å². The van der Waals surface area contributed by atoms with Gasteiger partial charge in [-0.05, 0) is 45.4 Å². The summed E-state index contributed by atoms with van der Waals surface area (Å²) in [5.74, 6) is 1.69. The monoisotopic (exact) mass is 320 g/mol. The van der Waals surface area contributed by atoms with E-state index >= 15 is 0 Å². The highest BCUT2D eigenvalue weighted by atomic mass is 16.5. The first-order chi connectivity index (χ1) is 11.0. The minimum Gasteiger partial charge on any atom is -0.497 e. The summed E-state index contributed by atoms with van der Waals surface area (Å²) in [6.45, 7) is 11.5. The van der Waals surface area contributed by atoms with Gasteiger partial charge in [0, 0.05) is 38.8 Å². The Labute approximate surface area is 141 Å². The molecule has 130 valence electrons. The van der Waals surface area contributed by atoms with Gasteiger partial charge in [-0.25, -0.2) is 0 Å². The second kappa shape index (κ2) is 10.1. The normalized spacial score (nSPS) is 12.1. The standard InChI is InChI=1S/C18H32N4O/c1-14(2)22(15(3)4)11-10-20-18(19-5)21-13-16-8-7-9-17(12-16)23-6/h7-9,12,14-15H,10-11,13H2,1-6H3,(H2,19,20,21). The van der Waals surface area contributed by atoms with E-state index in [2.05, 4.69) is 54.3 Å². The van der Waals surface area contributed by atoms with Gasteiger partial charge in [0.1, 0.15) is 5.75 Å². The van der Waals surface area contributed by atoms with Crippen LogP contribution in [0.25, 0.3) is 0 Å². The van der Waals surface area contributed by atoms with Crippen LogP contribution in [0.4, 0.5) is 0 Å². The molecular weight excluding hydrogens is 288 g/mol. The van der Waals surface area contributed by atoms with E-state index in [1.54, 1.807) is 14.2 Å². The van der Waals surface area contributed by atoms with E-state index in [4.69, 9.17) is 4.74 Å². The van der Waals surface area contributed by atoms with E-state index in [1.807, 2.05) is 18.2 Å². The number of methoxy groups -OCH3 is 1. The highest BCUT2D eigenvalue weighted by Gasteiger charge is 2.12. The van der Waals surface area contributed by atoms with Crippen molar-refractivity contribution in [2.24, 2.45) is 4.99 Å². The lowest BCUT2D eigenvalue weighted by Crippen LogP contribution is -2.45. The predicted molar refractivity (Wildman–Crippen MR) is 98.2 cm³/mol. The van der Waals surface area contributed by atoms with E-state index in [0.29, 0.717) is 12.1 Å². The quantitative estimate of drug-likeness (QED) is 0.571. The molecule has 0 aliphatic carbocycles. The Bertz CT molecular complexity index is 478. The third-order valence-corrected chi connectivity index (χ3v) is 3.81. The van der Waals surface area contributed by atoms with Crippen molar-refractivity contribution >= 4 is 5.96 Å². The number of rotatable bonds is 8. The van der Waals surface area contributed by atoms with Crippen molar-refractivity contribution in [3.63, 3.8) is 0 Å². The lowest BCUT2D eigenvalue weighted by atomic mass is 10.2. The van der Waals surface area contributed by atoms with Crippen LogP contribution in [0.5, 0.6) is 5.75 Å². The summed E-state index contributed by atoms with van der Waals surface area (Å²) in [4.78, 5) is 6.74. The predicted octanol–water partition coefficient (Wildman–Crippen LogP) is 2.48. The summed E-state index contributed by atoms with van der Waals surface area (Å²) < 4.78 is 5.24. The number of nitrogens with zero attached hydrogens (tertiary/aromatic N) is 2. The number of guanidine groups is 1. The molecule has 0 aliphatic rings. The van der Waals surface area contributed by atoms with E-state index in [0.717, 1.165) is 31.3 Å². The molecule has 1 rings (SSSR count). The van der Waals surface area contributed by atoms with Gasteiger partial charge in [-0.3, -0.25) is 9.89 Å². The Morgan fingerprint density at radius 2 is 1.87 bits per heavy atom. The maximum Gasteiger partial charge on any atom is 0.191 e. The van der Waals surface area contributed by atoms with Crippen molar-refractivity contribution < 1.29 is 4.74 Å². The zero-order valence-electron chi connectivity index (χ0n) is 15.4. The van der Waals surface area contributed by atoms with Gasteiger partial charge in [0.05, 0.1) is 7.11 Å². The number of nitrogens with one attached hydrogen (secondary N) is 2. The average molecular weight is 320 g/mol. The van der Waals surface area contributed by atoms with Crippen molar-refractivity contribution in [1.82, 2.24) is 15.5 Å². The van der Waals surface area contributed by atoms with Crippen molar-refractivity contribution in [2.75, 3.05) is 27.2 Å². The maximum atomic E-state index is 5.24. The largest absolute Gasteiger partial charge is 0.497 e. The van der Waals surface area contributed by atoms with Gasteiger partial charge in [0.25, 0.3) is 0 Å². The third-order valence-electron chi connectivity index (χ3n) is 3.81. The molecule has 0 saturated carbocycles. The summed E-state index contributed by atoms with van der Waals surface area (Å²) in [6, 6.07) is 9.13. The molecule has 2 N–H and O–H groups in total. The molecule has 0 atom stereocenters. The third kappa shape index (κ3) is 6.91. The number of aliphatic imine (C=N–C) groups is 1. The molecule has 0 bridgehead atoms. The van der Waals surface area contributed by atoms with E-state index in [1.165, 1.54) is 5.56 Å². The summed E-state index contributed by atoms with van der Waals surface area (Å²) in [6.07, 6.45) is 0. The molecule has 5 heteroatoms. The molecule has 0 heterocycles. The molecule has 0 aliphatic heterocycles. The van der Waals surface area contributed by atoms with Gasteiger partial charge in [0.15, 0.2) is 5.96 Å². The van der Waals surface area contributed by atoms with Crippen molar-refractivity contribution in [3.05, 3.63) is 29.8 Å². The fourth-order valence-corrected chi connectivity index (χ4v) is 2.60. The summed E-state index contributed by atoms with van der Waals surface area (Å²) >= 11 is 0. The Balaban J connectivity index is 2.43. The van der Waals surface area contributed by atoms with Crippen molar-refractivity contribution in [3.8, 4) is 5.75 Å². The Morgan fingerprint density at radius 3 is 2.43 bits per heavy atom. The molecule has 23 heavy (non-hydrogen) atoms. The zero-order chi connectivity index (χ0) is 17.2. The number of benzene rings is 1. The van der Waals surface area contributed by atoms with Gasteiger partial charge >= 0.3 is 0 Å². The first kappa shape index (κ1) is 19.3. The van der Waals surface area contributed by atoms with Crippen LogP contribution in [0.15, 0.2) is 29.3 Å². The lowest BCUT2D eigenvalue weighted by molar-refractivity contribution is 0.178. The van der Waals surface area contributed by atoms with E-state index in [9.17, 15) is 0 Å². The molecule has 0 aromatic heterocycles. The van der Waals surface area contributed by atoms with Gasteiger partial charge in [-0.15, -0.1) is 0 Å². The molecule has 1 aromatic carbocycles. The fraction of sp³-hybridized carbons (Fsp3) is 0.611. The molecule has 0 unspecified atom stereocenters. The lowest BCUT2D eigenvalue weighted by Gasteiger charge is -2.30.